The molecule has 0 bridgehead atoms. The maximum absolute atomic E-state index is 13.9. The van der Waals surface area contributed by atoms with E-state index < -0.39 is 5.82 Å². The number of carbonyl (C=O) groups is 1. The van der Waals surface area contributed by atoms with Crippen molar-refractivity contribution in [2.75, 3.05) is 0 Å². The Kier molecular flexibility index (Phi) is 2.23. The molecule has 0 radical (unpaired) electrons. The van der Waals surface area contributed by atoms with Gasteiger partial charge in [-0.25, -0.2) is 9.37 Å². The predicted molar refractivity (Wildman–Crippen MR) is 60.4 cm³/mol. The first-order valence-electron chi connectivity index (χ1n) is 5.45. The zero-order valence-electron chi connectivity index (χ0n) is 9.30. The van der Waals surface area contributed by atoms with Crippen LogP contribution in [-0.4, -0.2) is 15.3 Å². The van der Waals surface area contributed by atoms with Crippen molar-refractivity contribution in [1.82, 2.24) is 9.55 Å². The van der Waals surface area contributed by atoms with Gasteiger partial charge in [-0.3, -0.25) is 4.79 Å². The van der Waals surface area contributed by atoms with Crippen molar-refractivity contribution in [3.05, 3.63) is 53.4 Å². The van der Waals surface area contributed by atoms with Crippen molar-refractivity contribution >= 4 is 5.78 Å². The molecular formula is C13H8FN3O. The van der Waals surface area contributed by atoms with Crippen LogP contribution in [0.3, 0.4) is 0 Å². The molecule has 1 aromatic carbocycles. The van der Waals surface area contributed by atoms with E-state index in [9.17, 15) is 9.18 Å². The molecule has 5 heteroatoms. The Balaban J connectivity index is 2.09. The van der Waals surface area contributed by atoms with Gasteiger partial charge in [0.05, 0.1) is 30.2 Å². The number of hydrogen-bond donors (Lipinski definition) is 0. The van der Waals surface area contributed by atoms with Crippen LogP contribution >= 0.6 is 0 Å². The van der Waals surface area contributed by atoms with Crippen LogP contribution in [-0.2, 0) is 0 Å². The summed E-state index contributed by atoms with van der Waals surface area (Å²) in [7, 11) is 0. The van der Waals surface area contributed by atoms with Crippen LogP contribution in [0, 0.1) is 17.1 Å². The lowest BCUT2D eigenvalue weighted by molar-refractivity contribution is 0.0991. The zero-order valence-corrected chi connectivity index (χ0v) is 9.30. The van der Waals surface area contributed by atoms with E-state index >= 15 is 0 Å². The van der Waals surface area contributed by atoms with Gasteiger partial charge in [0, 0.05) is 12.0 Å². The molecule has 88 valence electrons. The van der Waals surface area contributed by atoms with Crippen LogP contribution in [0.5, 0.6) is 0 Å². The van der Waals surface area contributed by atoms with Gasteiger partial charge in [-0.1, -0.05) is 6.07 Å². The summed E-state index contributed by atoms with van der Waals surface area (Å²) in [6.45, 7) is 0. The highest BCUT2D eigenvalue weighted by Gasteiger charge is 2.31. The lowest BCUT2D eigenvalue weighted by Gasteiger charge is -2.13. The number of imidazole rings is 1. The van der Waals surface area contributed by atoms with Crippen molar-refractivity contribution in [3.8, 4) is 6.07 Å². The van der Waals surface area contributed by atoms with Gasteiger partial charge in [0.25, 0.3) is 0 Å². The van der Waals surface area contributed by atoms with Gasteiger partial charge in [-0.15, -0.1) is 0 Å². The average molecular weight is 241 g/mol. The van der Waals surface area contributed by atoms with Crippen molar-refractivity contribution in [1.29, 1.82) is 5.26 Å². The summed E-state index contributed by atoms with van der Waals surface area (Å²) in [6, 6.07) is 5.82. The highest BCUT2D eigenvalue weighted by atomic mass is 19.1. The predicted octanol–water partition coefficient (Wildman–Crippen LogP) is 2.07. The molecule has 0 amide bonds. The third-order valence-electron chi connectivity index (χ3n) is 3.15. The van der Waals surface area contributed by atoms with E-state index in [1.54, 1.807) is 16.7 Å². The molecule has 0 saturated heterocycles. The smallest absolute Gasteiger partial charge is 0.183 e. The molecule has 0 saturated carbocycles. The number of rotatable bonds is 1. The fourth-order valence-electron chi connectivity index (χ4n) is 2.27. The summed E-state index contributed by atoms with van der Waals surface area (Å²) in [6.07, 6.45) is 3.26. The number of fused-ring (bicyclic) bond motifs is 1. The van der Waals surface area contributed by atoms with E-state index in [4.69, 9.17) is 5.26 Å². The second kappa shape index (κ2) is 3.77. The summed E-state index contributed by atoms with van der Waals surface area (Å²) in [5.41, 5.74) is 1.19. The maximum Gasteiger partial charge on any atom is 0.183 e. The molecule has 0 spiro atoms. The molecule has 0 unspecified atom stereocenters. The minimum Gasteiger partial charge on any atom is -0.320 e. The van der Waals surface area contributed by atoms with Gasteiger partial charge < -0.3 is 4.57 Å². The Morgan fingerprint density at radius 2 is 2.33 bits per heavy atom. The lowest BCUT2D eigenvalue weighted by Crippen LogP contribution is -2.07. The Morgan fingerprint density at radius 1 is 1.50 bits per heavy atom. The van der Waals surface area contributed by atoms with Crippen LogP contribution in [0.1, 0.15) is 34.1 Å². The summed E-state index contributed by atoms with van der Waals surface area (Å²) < 4.78 is 15.6. The largest absolute Gasteiger partial charge is 0.320 e. The third kappa shape index (κ3) is 1.43. The van der Waals surface area contributed by atoms with Crippen LogP contribution in [0.2, 0.25) is 0 Å². The Bertz CT molecular complexity index is 684. The molecule has 1 atom stereocenters. The zero-order chi connectivity index (χ0) is 12.7. The minimum absolute atomic E-state index is 0.0405. The Morgan fingerprint density at radius 3 is 3.06 bits per heavy atom. The van der Waals surface area contributed by atoms with Crippen molar-refractivity contribution < 1.29 is 9.18 Å². The normalized spacial score (nSPS) is 17.6. The summed E-state index contributed by atoms with van der Waals surface area (Å²) in [4.78, 5) is 15.6. The lowest BCUT2D eigenvalue weighted by atomic mass is 10.0. The van der Waals surface area contributed by atoms with Crippen LogP contribution in [0.4, 0.5) is 4.39 Å². The van der Waals surface area contributed by atoms with Crippen molar-refractivity contribution in [2.45, 2.75) is 12.5 Å². The van der Waals surface area contributed by atoms with Gasteiger partial charge in [-0.2, -0.15) is 5.26 Å². The number of nitrogens with zero attached hydrogens (tertiary/aromatic N) is 3. The molecule has 0 fully saturated rings. The molecule has 3 rings (SSSR count). The summed E-state index contributed by atoms with van der Waals surface area (Å²) in [5, 5.41) is 8.70. The molecule has 1 aliphatic rings. The van der Waals surface area contributed by atoms with E-state index in [-0.39, 0.29) is 23.8 Å². The molecule has 0 aliphatic carbocycles. The number of benzene rings is 1. The molecular weight excluding hydrogens is 233 g/mol. The molecule has 1 aliphatic heterocycles. The monoisotopic (exact) mass is 241 g/mol. The number of Topliss-reactive ketones (excluding diaryl/α,β-unsaturated/α-hetero) is 1. The van der Waals surface area contributed by atoms with Crippen LogP contribution < -0.4 is 0 Å². The first-order chi connectivity index (χ1) is 8.70. The fourth-order valence-corrected chi connectivity index (χ4v) is 2.27. The van der Waals surface area contributed by atoms with Crippen molar-refractivity contribution in [3.63, 3.8) is 0 Å². The molecule has 18 heavy (non-hydrogen) atoms. The highest BCUT2D eigenvalue weighted by Crippen LogP contribution is 2.32. The Hall–Kier alpha value is -2.48. The van der Waals surface area contributed by atoms with E-state index in [0.29, 0.717) is 11.3 Å². The van der Waals surface area contributed by atoms with Crippen LogP contribution in [0.25, 0.3) is 0 Å². The fraction of sp³-hybridized carbons (Fsp3) is 0.154. The van der Waals surface area contributed by atoms with E-state index in [2.05, 4.69) is 4.98 Å². The van der Waals surface area contributed by atoms with Crippen LogP contribution in [0.15, 0.2) is 30.7 Å². The number of carbonyl (C=O) groups excluding carboxylic acids is 1. The van der Waals surface area contributed by atoms with Gasteiger partial charge in [0.15, 0.2) is 5.78 Å². The maximum atomic E-state index is 13.9. The van der Waals surface area contributed by atoms with Gasteiger partial charge in [-0.05, 0) is 12.1 Å². The summed E-state index contributed by atoms with van der Waals surface area (Å²) >= 11 is 0. The van der Waals surface area contributed by atoms with E-state index in [1.807, 2.05) is 6.07 Å². The van der Waals surface area contributed by atoms with E-state index in [0.717, 1.165) is 0 Å². The van der Waals surface area contributed by atoms with Crippen molar-refractivity contribution in [2.24, 2.45) is 0 Å². The van der Waals surface area contributed by atoms with Gasteiger partial charge in [0.1, 0.15) is 11.5 Å². The first-order valence-corrected chi connectivity index (χ1v) is 5.45. The highest BCUT2D eigenvalue weighted by molar-refractivity contribution is 5.97. The molecule has 0 N–H and O–H groups in total. The first kappa shape index (κ1) is 10.7. The topological polar surface area (TPSA) is 58.7 Å². The summed E-state index contributed by atoms with van der Waals surface area (Å²) in [5.74, 6) is -0.505. The van der Waals surface area contributed by atoms with Gasteiger partial charge >= 0.3 is 0 Å². The molecule has 2 heterocycles. The third-order valence-corrected chi connectivity index (χ3v) is 3.15. The second-order valence-corrected chi connectivity index (χ2v) is 4.18. The Labute approximate surface area is 102 Å². The minimum atomic E-state index is -0.464. The molecule has 4 nitrogen and oxygen atoms in total. The average Bonchev–Trinajstić information content (AvgIpc) is 2.94. The number of hydrogen-bond acceptors (Lipinski definition) is 3. The quantitative estimate of drug-likeness (QED) is 0.767. The van der Waals surface area contributed by atoms with E-state index in [1.165, 1.54) is 18.6 Å². The SMILES string of the molecule is N#Cc1ccc([C@@H]2CC(=O)c3cncn32)c(F)c1. The number of aromatic nitrogens is 2. The number of halogens is 1. The van der Waals surface area contributed by atoms with Gasteiger partial charge in [0.2, 0.25) is 0 Å². The standard InChI is InChI=1S/C13H8FN3O/c14-10-3-8(5-15)1-2-9(10)11-4-13(18)12-6-16-7-17(11)12/h1-3,6-7,11H,4H2/t11-/m0/s1. The molecule has 1 aromatic heterocycles. The number of ketones is 1. The molecule has 2 aromatic rings. The number of nitriles is 1. The second-order valence-electron chi connectivity index (χ2n) is 4.18.